The molecule has 1 aromatic carbocycles. The molecule has 1 aliphatic heterocycles. The SMILES string of the molecule is CCOc1ccc(OCC(=O)N2CC[C@H](O)C2)cc1. The fraction of sp³-hybridized carbons (Fsp3) is 0.500. The van der Waals surface area contributed by atoms with Gasteiger partial charge in [-0.05, 0) is 37.6 Å². The zero-order valence-corrected chi connectivity index (χ0v) is 11.0. The lowest BCUT2D eigenvalue weighted by atomic mass is 10.3. The number of β-amino-alcohol motifs (C(OH)–C–C–N with tert-alkyl or cyclic N) is 1. The molecule has 0 radical (unpaired) electrons. The van der Waals surface area contributed by atoms with Crippen LogP contribution in [0.4, 0.5) is 0 Å². The van der Waals surface area contributed by atoms with E-state index in [2.05, 4.69) is 0 Å². The molecule has 1 N–H and O–H groups in total. The van der Waals surface area contributed by atoms with Gasteiger partial charge in [0, 0.05) is 13.1 Å². The van der Waals surface area contributed by atoms with Crippen LogP contribution in [0.5, 0.6) is 11.5 Å². The van der Waals surface area contributed by atoms with Gasteiger partial charge in [0.15, 0.2) is 6.61 Å². The average Bonchev–Trinajstić information content (AvgIpc) is 2.85. The summed E-state index contributed by atoms with van der Waals surface area (Å²) in [6, 6.07) is 7.17. The van der Waals surface area contributed by atoms with Gasteiger partial charge in [0.05, 0.1) is 12.7 Å². The molecule has 104 valence electrons. The van der Waals surface area contributed by atoms with Crippen molar-refractivity contribution in [2.75, 3.05) is 26.3 Å². The highest BCUT2D eigenvalue weighted by Gasteiger charge is 2.24. The minimum Gasteiger partial charge on any atom is -0.494 e. The number of ether oxygens (including phenoxy) is 2. The van der Waals surface area contributed by atoms with Crippen LogP contribution in [0.2, 0.25) is 0 Å². The molecular weight excluding hydrogens is 246 g/mol. The van der Waals surface area contributed by atoms with Gasteiger partial charge >= 0.3 is 0 Å². The summed E-state index contributed by atoms with van der Waals surface area (Å²) >= 11 is 0. The molecule has 5 heteroatoms. The van der Waals surface area contributed by atoms with Crippen molar-refractivity contribution < 1.29 is 19.4 Å². The second kappa shape index (κ2) is 6.43. The normalized spacial score (nSPS) is 18.4. The molecule has 1 aromatic rings. The van der Waals surface area contributed by atoms with E-state index in [1.165, 1.54) is 0 Å². The number of likely N-dealkylation sites (tertiary alicyclic amines) is 1. The van der Waals surface area contributed by atoms with Crippen LogP contribution in [0.1, 0.15) is 13.3 Å². The maximum Gasteiger partial charge on any atom is 0.260 e. The predicted octanol–water partition coefficient (Wildman–Crippen LogP) is 1.06. The summed E-state index contributed by atoms with van der Waals surface area (Å²) in [5, 5.41) is 9.37. The van der Waals surface area contributed by atoms with Crippen LogP contribution in [-0.2, 0) is 4.79 Å². The first-order valence-electron chi connectivity index (χ1n) is 6.50. The number of benzene rings is 1. The molecule has 1 aliphatic rings. The Morgan fingerprint density at radius 2 is 1.95 bits per heavy atom. The van der Waals surface area contributed by atoms with Crippen LogP contribution in [-0.4, -0.2) is 48.3 Å². The summed E-state index contributed by atoms with van der Waals surface area (Å²) in [7, 11) is 0. The number of hydrogen-bond donors (Lipinski definition) is 1. The van der Waals surface area contributed by atoms with E-state index >= 15 is 0 Å². The third-order valence-electron chi connectivity index (χ3n) is 3.01. The number of nitrogens with zero attached hydrogens (tertiary/aromatic N) is 1. The summed E-state index contributed by atoms with van der Waals surface area (Å²) in [4.78, 5) is 13.4. The number of amides is 1. The molecule has 0 saturated carbocycles. The third-order valence-corrected chi connectivity index (χ3v) is 3.01. The zero-order chi connectivity index (χ0) is 13.7. The largest absolute Gasteiger partial charge is 0.494 e. The molecule has 2 rings (SSSR count). The minimum atomic E-state index is -0.394. The van der Waals surface area contributed by atoms with E-state index < -0.39 is 6.10 Å². The lowest BCUT2D eigenvalue weighted by Gasteiger charge is -2.15. The van der Waals surface area contributed by atoms with Gasteiger partial charge in [0.25, 0.3) is 5.91 Å². The quantitative estimate of drug-likeness (QED) is 0.864. The first-order valence-corrected chi connectivity index (χ1v) is 6.50. The molecular formula is C14H19NO4. The van der Waals surface area contributed by atoms with Crippen LogP contribution in [0.15, 0.2) is 24.3 Å². The fourth-order valence-electron chi connectivity index (χ4n) is 2.00. The van der Waals surface area contributed by atoms with Gasteiger partial charge < -0.3 is 19.5 Å². The van der Waals surface area contributed by atoms with Crippen molar-refractivity contribution in [1.29, 1.82) is 0 Å². The molecule has 1 atom stereocenters. The first-order chi connectivity index (χ1) is 9.19. The van der Waals surface area contributed by atoms with Gasteiger partial charge in [0.2, 0.25) is 0 Å². The van der Waals surface area contributed by atoms with Gasteiger partial charge in [-0.1, -0.05) is 0 Å². The monoisotopic (exact) mass is 265 g/mol. The van der Waals surface area contributed by atoms with Crippen molar-refractivity contribution in [2.45, 2.75) is 19.4 Å². The van der Waals surface area contributed by atoms with Crippen molar-refractivity contribution in [1.82, 2.24) is 4.90 Å². The Hall–Kier alpha value is -1.75. The van der Waals surface area contributed by atoms with Crippen molar-refractivity contribution in [3.8, 4) is 11.5 Å². The molecule has 0 bridgehead atoms. The van der Waals surface area contributed by atoms with E-state index in [-0.39, 0.29) is 12.5 Å². The summed E-state index contributed by atoms with van der Waals surface area (Å²) in [5.41, 5.74) is 0. The molecule has 1 fully saturated rings. The van der Waals surface area contributed by atoms with E-state index in [1.54, 1.807) is 17.0 Å². The van der Waals surface area contributed by atoms with Crippen LogP contribution in [0.25, 0.3) is 0 Å². The van der Waals surface area contributed by atoms with E-state index in [1.807, 2.05) is 19.1 Å². The van der Waals surface area contributed by atoms with Gasteiger partial charge in [-0.15, -0.1) is 0 Å². The molecule has 19 heavy (non-hydrogen) atoms. The average molecular weight is 265 g/mol. The highest BCUT2D eigenvalue weighted by Crippen LogP contribution is 2.18. The maximum absolute atomic E-state index is 11.8. The highest BCUT2D eigenvalue weighted by molar-refractivity contribution is 5.78. The number of carbonyl (C=O) groups is 1. The molecule has 1 amide bonds. The van der Waals surface area contributed by atoms with Crippen LogP contribution >= 0.6 is 0 Å². The third kappa shape index (κ3) is 3.86. The highest BCUT2D eigenvalue weighted by atomic mass is 16.5. The molecule has 0 aliphatic carbocycles. The van der Waals surface area contributed by atoms with Crippen LogP contribution in [0.3, 0.4) is 0 Å². The molecule has 0 unspecified atom stereocenters. The standard InChI is InChI=1S/C14H19NO4/c1-2-18-12-3-5-13(6-4-12)19-10-14(17)15-8-7-11(16)9-15/h3-6,11,16H,2,7-10H2,1H3/t11-/m0/s1. The van der Waals surface area contributed by atoms with Crippen LogP contribution < -0.4 is 9.47 Å². The fourth-order valence-corrected chi connectivity index (χ4v) is 2.00. The number of aliphatic hydroxyl groups excluding tert-OH is 1. The number of rotatable bonds is 5. The van der Waals surface area contributed by atoms with Crippen molar-refractivity contribution >= 4 is 5.91 Å². The van der Waals surface area contributed by atoms with Crippen molar-refractivity contribution in [3.63, 3.8) is 0 Å². The Balaban J connectivity index is 1.80. The lowest BCUT2D eigenvalue weighted by Crippen LogP contribution is -2.33. The van der Waals surface area contributed by atoms with Gasteiger partial charge in [-0.3, -0.25) is 4.79 Å². The van der Waals surface area contributed by atoms with Crippen molar-refractivity contribution in [2.24, 2.45) is 0 Å². The molecule has 5 nitrogen and oxygen atoms in total. The topological polar surface area (TPSA) is 59.0 Å². The van der Waals surface area contributed by atoms with E-state index in [4.69, 9.17) is 9.47 Å². The van der Waals surface area contributed by atoms with Gasteiger partial charge in [0.1, 0.15) is 11.5 Å². The Bertz CT molecular complexity index is 418. The van der Waals surface area contributed by atoms with Gasteiger partial charge in [-0.25, -0.2) is 0 Å². The zero-order valence-electron chi connectivity index (χ0n) is 11.0. The van der Waals surface area contributed by atoms with Crippen molar-refractivity contribution in [3.05, 3.63) is 24.3 Å². The first kappa shape index (κ1) is 13.7. The maximum atomic E-state index is 11.8. The number of aliphatic hydroxyl groups is 1. The molecule has 0 aromatic heterocycles. The Labute approximate surface area is 112 Å². The van der Waals surface area contributed by atoms with E-state index in [9.17, 15) is 9.90 Å². The van der Waals surface area contributed by atoms with Gasteiger partial charge in [-0.2, -0.15) is 0 Å². The van der Waals surface area contributed by atoms with Crippen LogP contribution in [0, 0.1) is 0 Å². The second-order valence-electron chi connectivity index (χ2n) is 4.48. The summed E-state index contributed by atoms with van der Waals surface area (Å²) in [5.74, 6) is 1.32. The minimum absolute atomic E-state index is 0.000696. The molecule has 1 saturated heterocycles. The Morgan fingerprint density at radius 3 is 2.47 bits per heavy atom. The Morgan fingerprint density at radius 1 is 1.32 bits per heavy atom. The molecule has 1 heterocycles. The number of carbonyl (C=O) groups excluding carboxylic acids is 1. The lowest BCUT2D eigenvalue weighted by molar-refractivity contribution is -0.132. The second-order valence-corrected chi connectivity index (χ2v) is 4.48. The van der Waals surface area contributed by atoms with E-state index in [0.717, 1.165) is 5.75 Å². The summed E-state index contributed by atoms with van der Waals surface area (Å²) in [6.45, 7) is 3.56. The smallest absolute Gasteiger partial charge is 0.260 e. The predicted molar refractivity (Wildman–Crippen MR) is 70.3 cm³/mol. The number of hydrogen-bond acceptors (Lipinski definition) is 4. The summed E-state index contributed by atoms with van der Waals surface area (Å²) < 4.78 is 10.7. The summed E-state index contributed by atoms with van der Waals surface area (Å²) in [6.07, 6.45) is 0.254. The Kier molecular flexibility index (Phi) is 4.63. The molecule has 0 spiro atoms. The van der Waals surface area contributed by atoms with E-state index in [0.29, 0.717) is 31.9 Å².